The summed E-state index contributed by atoms with van der Waals surface area (Å²) in [5.74, 6) is -0.391. The molecule has 168 valence electrons. The van der Waals surface area contributed by atoms with Gasteiger partial charge in [-0.25, -0.2) is 12.8 Å². The molecule has 31 heavy (non-hydrogen) atoms. The molecule has 9 heteroatoms. The molecule has 2 aromatic rings. The van der Waals surface area contributed by atoms with Gasteiger partial charge < -0.3 is 14.8 Å². The average molecular weight is 451 g/mol. The molecule has 2 aromatic carbocycles. The van der Waals surface area contributed by atoms with Gasteiger partial charge in [-0.05, 0) is 25.0 Å². The Kier molecular flexibility index (Phi) is 7.04. The van der Waals surface area contributed by atoms with E-state index in [9.17, 15) is 17.6 Å². The van der Waals surface area contributed by atoms with Gasteiger partial charge in [0.25, 0.3) is 5.91 Å². The predicted octanol–water partition coefficient (Wildman–Crippen LogP) is 3.48. The standard InChI is InChI=1S/C22H27FN2O5S/c1-29-20-12-17(22(26)24-16-9-5-6-10-16)19(13-21(20)30-2)25(31(3,27)28)14-15-8-4-7-11-18(15)23/h4,7-8,11-13,16H,5-6,9-10,14H2,1-3H3,(H,24,26). The van der Waals surface area contributed by atoms with Crippen molar-refractivity contribution in [2.45, 2.75) is 38.3 Å². The van der Waals surface area contributed by atoms with Gasteiger partial charge in [-0.1, -0.05) is 31.0 Å². The van der Waals surface area contributed by atoms with Gasteiger partial charge in [-0.3, -0.25) is 9.10 Å². The van der Waals surface area contributed by atoms with E-state index in [1.807, 2.05) is 0 Å². The molecule has 0 heterocycles. The fourth-order valence-corrected chi connectivity index (χ4v) is 4.63. The van der Waals surface area contributed by atoms with Gasteiger partial charge in [-0.2, -0.15) is 0 Å². The Bertz CT molecular complexity index is 1050. The summed E-state index contributed by atoms with van der Waals surface area (Å²) in [4.78, 5) is 13.1. The topological polar surface area (TPSA) is 84.9 Å². The smallest absolute Gasteiger partial charge is 0.253 e. The summed E-state index contributed by atoms with van der Waals surface area (Å²) in [7, 11) is -1.02. The van der Waals surface area contributed by atoms with E-state index in [0.29, 0.717) is 5.75 Å². The Hall–Kier alpha value is -2.81. The van der Waals surface area contributed by atoms with Crippen molar-refractivity contribution in [2.24, 2.45) is 0 Å². The number of anilines is 1. The zero-order chi connectivity index (χ0) is 22.6. The summed E-state index contributed by atoms with van der Waals surface area (Å²) >= 11 is 0. The van der Waals surface area contributed by atoms with Crippen molar-refractivity contribution in [2.75, 3.05) is 24.8 Å². The van der Waals surface area contributed by atoms with Crippen molar-refractivity contribution in [3.63, 3.8) is 0 Å². The van der Waals surface area contributed by atoms with Crippen LogP contribution in [0.3, 0.4) is 0 Å². The number of carbonyl (C=O) groups excluding carboxylic acids is 1. The zero-order valence-electron chi connectivity index (χ0n) is 17.9. The van der Waals surface area contributed by atoms with Crippen LogP contribution < -0.4 is 19.1 Å². The molecule has 1 fully saturated rings. The number of nitrogens with zero attached hydrogens (tertiary/aromatic N) is 1. The molecule has 0 spiro atoms. The van der Waals surface area contributed by atoms with Crippen LogP contribution in [0.4, 0.5) is 10.1 Å². The Morgan fingerprint density at radius 1 is 1.13 bits per heavy atom. The Balaban J connectivity index is 2.11. The maximum Gasteiger partial charge on any atom is 0.253 e. The molecule has 1 aliphatic carbocycles. The summed E-state index contributed by atoms with van der Waals surface area (Å²) < 4.78 is 51.4. The SMILES string of the molecule is COc1cc(C(=O)NC2CCCC2)c(N(Cc2ccccc2F)S(C)(=O)=O)cc1OC. The second-order valence-corrected chi connectivity index (χ2v) is 9.45. The number of hydrogen-bond donors (Lipinski definition) is 1. The van der Waals surface area contributed by atoms with Gasteiger partial charge in [0.15, 0.2) is 11.5 Å². The molecule has 0 aliphatic heterocycles. The largest absolute Gasteiger partial charge is 0.493 e. The minimum atomic E-state index is -3.87. The van der Waals surface area contributed by atoms with Gasteiger partial charge in [0.1, 0.15) is 5.82 Å². The van der Waals surface area contributed by atoms with Crippen LogP contribution in [0.2, 0.25) is 0 Å². The maximum absolute atomic E-state index is 14.3. The van der Waals surface area contributed by atoms with Crippen molar-refractivity contribution >= 4 is 21.6 Å². The van der Waals surface area contributed by atoms with E-state index >= 15 is 0 Å². The summed E-state index contributed by atoms with van der Waals surface area (Å²) in [6.07, 6.45) is 4.83. The third kappa shape index (κ3) is 5.28. The molecule has 1 aliphatic rings. The number of amides is 1. The van der Waals surface area contributed by atoms with Crippen LogP contribution in [0.5, 0.6) is 11.5 Å². The molecule has 0 saturated heterocycles. The van der Waals surface area contributed by atoms with Crippen LogP contribution in [0.1, 0.15) is 41.6 Å². The Morgan fingerprint density at radius 2 is 1.74 bits per heavy atom. The zero-order valence-corrected chi connectivity index (χ0v) is 18.7. The van der Waals surface area contributed by atoms with Crippen LogP contribution in [0.15, 0.2) is 36.4 Å². The molecule has 0 bridgehead atoms. The minimum absolute atomic E-state index is 0.0340. The summed E-state index contributed by atoms with van der Waals surface area (Å²) in [6, 6.07) is 8.85. The first-order valence-electron chi connectivity index (χ1n) is 10.0. The highest BCUT2D eigenvalue weighted by atomic mass is 32.2. The monoisotopic (exact) mass is 450 g/mol. The minimum Gasteiger partial charge on any atom is -0.493 e. The van der Waals surface area contributed by atoms with Crippen molar-refractivity contribution in [1.29, 1.82) is 0 Å². The molecular weight excluding hydrogens is 423 g/mol. The average Bonchev–Trinajstić information content (AvgIpc) is 3.24. The predicted molar refractivity (Wildman–Crippen MR) is 117 cm³/mol. The lowest BCUT2D eigenvalue weighted by Crippen LogP contribution is -2.36. The van der Waals surface area contributed by atoms with Crippen LogP contribution >= 0.6 is 0 Å². The molecule has 0 atom stereocenters. The number of benzene rings is 2. The van der Waals surface area contributed by atoms with E-state index < -0.39 is 21.7 Å². The van der Waals surface area contributed by atoms with Crippen LogP contribution in [0.25, 0.3) is 0 Å². The highest BCUT2D eigenvalue weighted by molar-refractivity contribution is 7.92. The third-order valence-corrected chi connectivity index (χ3v) is 6.50. The quantitative estimate of drug-likeness (QED) is 0.666. The summed E-state index contributed by atoms with van der Waals surface area (Å²) in [5, 5.41) is 2.98. The lowest BCUT2D eigenvalue weighted by molar-refractivity contribution is 0.0938. The number of carbonyl (C=O) groups is 1. The second kappa shape index (κ2) is 9.55. The molecule has 1 saturated carbocycles. The number of halogens is 1. The van der Waals surface area contributed by atoms with Crippen molar-refractivity contribution in [3.05, 3.63) is 53.3 Å². The Labute approximate surface area is 182 Å². The second-order valence-electron chi connectivity index (χ2n) is 7.54. The van der Waals surface area contributed by atoms with Gasteiger partial charge in [-0.15, -0.1) is 0 Å². The molecule has 3 rings (SSSR count). The molecule has 1 amide bonds. The summed E-state index contributed by atoms with van der Waals surface area (Å²) in [6.45, 7) is -0.273. The van der Waals surface area contributed by atoms with Crippen molar-refractivity contribution in [3.8, 4) is 11.5 Å². The third-order valence-electron chi connectivity index (χ3n) is 5.38. The molecule has 0 aromatic heterocycles. The van der Waals surface area contributed by atoms with Crippen LogP contribution in [0, 0.1) is 5.82 Å². The maximum atomic E-state index is 14.3. The highest BCUT2D eigenvalue weighted by Gasteiger charge is 2.28. The first-order valence-corrected chi connectivity index (χ1v) is 11.9. The van der Waals surface area contributed by atoms with Gasteiger partial charge in [0.05, 0.1) is 38.3 Å². The van der Waals surface area contributed by atoms with E-state index in [-0.39, 0.29) is 35.2 Å². The Morgan fingerprint density at radius 3 is 2.32 bits per heavy atom. The molecule has 0 unspecified atom stereocenters. The van der Waals surface area contributed by atoms with Crippen LogP contribution in [-0.2, 0) is 16.6 Å². The number of rotatable bonds is 8. The molecule has 1 N–H and O–H groups in total. The first kappa shape index (κ1) is 22.9. The first-order chi connectivity index (χ1) is 14.7. The number of ether oxygens (including phenoxy) is 2. The molecule has 0 radical (unpaired) electrons. The van der Waals surface area contributed by atoms with Gasteiger partial charge in [0.2, 0.25) is 10.0 Å². The van der Waals surface area contributed by atoms with E-state index in [1.165, 1.54) is 44.6 Å². The number of methoxy groups -OCH3 is 2. The van der Waals surface area contributed by atoms with E-state index in [2.05, 4.69) is 5.32 Å². The fraction of sp³-hybridized carbons (Fsp3) is 0.409. The molecule has 7 nitrogen and oxygen atoms in total. The van der Waals surface area contributed by atoms with Gasteiger partial charge >= 0.3 is 0 Å². The van der Waals surface area contributed by atoms with Crippen molar-refractivity contribution < 1.29 is 27.1 Å². The van der Waals surface area contributed by atoms with E-state index in [1.54, 1.807) is 6.07 Å². The number of sulfonamides is 1. The van der Waals surface area contributed by atoms with E-state index in [4.69, 9.17) is 9.47 Å². The number of hydrogen-bond acceptors (Lipinski definition) is 5. The lowest BCUT2D eigenvalue weighted by atomic mass is 10.1. The normalized spacial score (nSPS) is 14.3. The fourth-order valence-electron chi connectivity index (χ4n) is 3.75. The van der Waals surface area contributed by atoms with Crippen molar-refractivity contribution in [1.82, 2.24) is 5.32 Å². The van der Waals surface area contributed by atoms with Gasteiger partial charge in [0, 0.05) is 17.7 Å². The van der Waals surface area contributed by atoms with E-state index in [0.717, 1.165) is 36.2 Å². The number of nitrogens with one attached hydrogen (secondary N) is 1. The van der Waals surface area contributed by atoms with Crippen LogP contribution in [-0.4, -0.2) is 40.8 Å². The lowest BCUT2D eigenvalue weighted by Gasteiger charge is -2.26. The highest BCUT2D eigenvalue weighted by Crippen LogP contribution is 2.37. The summed E-state index contributed by atoms with van der Waals surface area (Å²) in [5.41, 5.74) is 0.398. The molecular formula is C22H27FN2O5S.